The van der Waals surface area contributed by atoms with Gasteiger partial charge in [0.2, 0.25) is 0 Å². The van der Waals surface area contributed by atoms with Gasteiger partial charge in [-0.1, -0.05) is 0 Å². The summed E-state index contributed by atoms with van der Waals surface area (Å²) in [6.07, 6.45) is 3.95. The molecule has 0 saturated carbocycles. The van der Waals surface area contributed by atoms with Crippen molar-refractivity contribution in [1.82, 2.24) is 20.0 Å². The number of morpholine rings is 1. The fourth-order valence-electron chi connectivity index (χ4n) is 2.28. The number of hydrogen-bond acceptors (Lipinski definition) is 4. The molecule has 0 spiro atoms. The molecule has 0 aromatic carbocycles. The van der Waals surface area contributed by atoms with Gasteiger partial charge in [0, 0.05) is 52.6 Å². The van der Waals surface area contributed by atoms with Gasteiger partial charge >= 0.3 is 0 Å². The van der Waals surface area contributed by atoms with E-state index in [4.69, 9.17) is 9.47 Å². The topological polar surface area (TPSA) is 63.9 Å². The van der Waals surface area contributed by atoms with Crippen LogP contribution in [-0.4, -0.2) is 67.2 Å². The summed E-state index contributed by atoms with van der Waals surface area (Å²) in [6, 6.07) is 0. The minimum atomic E-state index is 0.102. The largest absolute Gasteiger partial charge is 0.382 e. The summed E-state index contributed by atoms with van der Waals surface area (Å²) in [5.74, 6) is 0.887. The average molecular weight is 281 g/mol. The normalized spacial score (nSPS) is 20.2. The zero-order valence-corrected chi connectivity index (χ0v) is 12.4. The van der Waals surface area contributed by atoms with Crippen LogP contribution in [-0.2, 0) is 23.1 Å². The first-order chi connectivity index (χ1) is 9.72. The van der Waals surface area contributed by atoms with E-state index in [-0.39, 0.29) is 6.10 Å². The summed E-state index contributed by atoms with van der Waals surface area (Å²) >= 11 is 0. The van der Waals surface area contributed by atoms with Gasteiger partial charge in [0.25, 0.3) is 0 Å². The van der Waals surface area contributed by atoms with Gasteiger partial charge in [-0.05, 0) is 0 Å². The second kappa shape index (κ2) is 7.25. The van der Waals surface area contributed by atoms with E-state index in [0.717, 1.165) is 24.6 Å². The highest BCUT2D eigenvalue weighted by Crippen LogP contribution is 2.06. The van der Waals surface area contributed by atoms with Gasteiger partial charge in [0.15, 0.2) is 5.96 Å². The Bertz CT molecular complexity index is 444. The summed E-state index contributed by atoms with van der Waals surface area (Å²) in [5, 5.41) is 7.51. The highest BCUT2D eigenvalue weighted by atomic mass is 16.5. The number of guanidine groups is 1. The highest BCUT2D eigenvalue weighted by Gasteiger charge is 2.22. The van der Waals surface area contributed by atoms with Crippen molar-refractivity contribution in [3.63, 3.8) is 0 Å². The Morgan fingerprint density at radius 3 is 3.15 bits per heavy atom. The fourth-order valence-corrected chi connectivity index (χ4v) is 2.28. The lowest BCUT2D eigenvalue weighted by molar-refractivity contribution is -0.0447. The summed E-state index contributed by atoms with van der Waals surface area (Å²) in [7, 11) is 5.40. The number of rotatable bonds is 4. The van der Waals surface area contributed by atoms with Crippen LogP contribution in [0.4, 0.5) is 0 Å². The maximum Gasteiger partial charge on any atom is 0.194 e. The molecule has 1 aliphatic rings. The maximum atomic E-state index is 5.65. The molecule has 7 heteroatoms. The van der Waals surface area contributed by atoms with Gasteiger partial charge in [0.1, 0.15) is 0 Å². The van der Waals surface area contributed by atoms with E-state index in [0.29, 0.717) is 19.8 Å². The number of nitrogens with one attached hydrogen (secondary N) is 1. The summed E-state index contributed by atoms with van der Waals surface area (Å²) in [4.78, 5) is 6.53. The van der Waals surface area contributed by atoms with E-state index in [1.165, 1.54) is 0 Å². The fraction of sp³-hybridized carbons (Fsp3) is 0.692. The molecule has 0 bridgehead atoms. The van der Waals surface area contributed by atoms with Crippen LogP contribution in [0, 0.1) is 0 Å². The Morgan fingerprint density at radius 2 is 2.50 bits per heavy atom. The monoisotopic (exact) mass is 281 g/mol. The average Bonchev–Trinajstić information content (AvgIpc) is 2.86. The van der Waals surface area contributed by atoms with Gasteiger partial charge in [-0.15, -0.1) is 0 Å². The predicted octanol–water partition coefficient (Wildman–Crippen LogP) is -0.157. The molecule has 1 aromatic rings. The van der Waals surface area contributed by atoms with Gasteiger partial charge in [-0.3, -0.25) is 9.67 Å². The molecule has 1 unspecified atom stereocenters. The Hall–Kier alpha value is -1.60. The third-order valence-corrected chi connectivity index (χ3v) is 3.21. The first-order valence-electron chi connectivity index (χ1n) is 6.76. The van der Waals surface area contributed by atoms with Crippen molar-refractivity contribution in [3.05, 3.63) is 18.0 Å². The molecule has 2 rings (SSSR count). The number of aryl methyl sites for hydroxylation is 1. The molecule has 0 aliphatic carbocycles. The van der Waals surface area contributed by atoms with E-state index < -0.39 is 0 Å². The van der Waals surface area contributed by atoms with Crippen LogP contribution < -0.4 is 5.32 Å². The van der Waals surface area contributed by atoms with Crippen molar-refractivity contribution in [3.8, 4) is 0 Å². The third kappa shape index (κ3) is 3.94. The minimum absolute atomic E-state index is 0.102. The molecule has 112 valence electrons. The third-order valence-electron chi connectivity index (χ3n) is 3.21. The molecule has 1 N–H and O–H groups in total. The van der Waals surface area contributed by atoms with Crippen LogP contribution in [0.5, 0.6) is 0 Å². The summed E-state index contributed by atoms with van der Waals surface area (Å²) in [5.41, 5.74) is 1.13. The van der Waals surface area contributed by atoms with Crippen LogP contribution >= 0.6 is 0 Å². The van der Waals surface area contributed by atoms with E-state index >= 15 is 0 Å². The smallest absolute Gasteiger partial charge is 0.194 e. The van der Waals surface area contributed by atoms with Gasteiger partial charge in [0.05, 0.1) is 25.5 Å². The lowest BCUT2D eigenvalue weighted by Crippen LogP contribution is -2.51. The second-order valence-electron chi connectivity index (χ2n) is 4.82. The van der Waals surface area contributed by atoms with E-state index in [2.05, 4.69) is 20.3 Å². The molecule has 20 heavy (non-hydrogen) atoms. The Kier molecular flexibility index (Phi) is 5.37. The standard InChI is InChI=1S/C13H23N5O2/c1-14-13(15-6-11-7-16-17(2)8-11)18-4-5-20-12(9-18)10-19-3/h7-8,12H,4-6,9-10H2,1-3H3,(H,14,15). The van der Waals surface area contributed by atoms with Gasteiger partial charge in [-0.25, -0.2) is 0 Å². The number of aliphatic imine (C=N–C) groups is 1. The van der Waals surface area contributed by atoms with Crippen molar-refractivity contribution in [2.24, 2.45) is 12.0 Å². The number of methoxy groups -OCH3 is 1. The molecule has 1 atom stereocenters. The highest BCUT2D eigenvalue weighted by molar-refractivity contribution is 5.80. The SMILES string of the molecule is CN=C(NCc1cnn(C)c1)N1CCOC(COC)C1. The lowest BCUT2D eigenvalue weighted by atomic mass is 10.3. The summed E-state index contributed by atoms with van der Waals surface area (Å²) in [6.45, 7) is 3.65. The molecular formula is C13H23N5O2. The molecule has 1 aliphatic heterocycles. The molecule has 0 amide bonds. The molecule has 1 aromatic heterocycles. The molecule has 1 fully saturated rings. The quantitative estimate of drug-likeness (QED) is 0.614. The summed E-state index contributed by atoms with van der Waals surface area (Å²) < 4.78 is 12.6. The van der Waals surface area contributed by atoms with Gasteiger partial charge in [-0.2, -0.15) is 5.10 Å². The van der Waals surface area contributed by atoms with Crippen LogP contribution in [0.25, 0.3) is 0 Å². The van der Waals surface area contributed by atoms with Gasteiger partial charge < -0.3 is 19.7 Å². The zero-order chi connectivity index (χ0) is 14.4. The Morgan fingerprint density at radius 1 is 1.65 bits per heavy atom. The Labute approximate surface area is 119 Å². The van der Waals surface area contributed by atoms with Crippen molar-refractivity contribution in [1.29, 1.82) is 0 Å². The number of hydrogen-bond donors (Lipinski definition) is 1. The Balaban J connectivity index is 1.87. The molecular weight excluding hydrogens is 258 g/mol. The molecule has 2 heterocycles. The van der Waals surface area contributed by atoms with E-state index in [9.17, 15) is 0 Å². The molecule has 0 radical (unpaired) electrons. The zero-order valence-electron chi connectivity index (χ0n) is 12.4. The first-order valence-corrected chi connectivity index (χ1v) is 6.76. The van der Waals surface area contributed by atoms with Crippen molar-refractivity contribution in [2.45, 2.75) is 12.6 Å². The maximum absolute atomic E-state index is 5.65. The number of aromatic nitrogens is 2. The van der Waals surface area contributed by atoms with Crippen LogP contribution in [0.1, 0.15) is 5.56 Å². The van der Waals surface area contributed by atoms with E-state index in [1.54, 1.807) is 18.8 Å². The van der Waals surface area contributed by atoms with Crippen molar-refractivity contribution in [2.75, 3.05) is 40.5 Å². The van der Waals surface area contributed by atoms with Crippen LogP contribution in [0.15, 0.2) is 17.4 Å². The second-order valence-corrected chi connectivity index (χ2v) is 4.82. The van der Waals surface area contributed by atoms with Crippen LogP contribution in [0.3, 0.4) is 0 Å². The predicted molar refractivity (Wildman–Crippen MR) is 76.6 cm³/mol. The first kappa shape index (κ1) is 14.8. The van der Waals surface area contributed by atoms with Crippen molar-refractivity contribution >= 4 is 5.96 Å². The van der Waals surface area contributed by atoms with E-state index in [1.807, 2.05) is 19.4 Å². The van der Waals surface area contributed by atoms with Crippen molar-refractivity contribution < 1.29 is 9.47 Å². The number of ether oxygens (including phenoxy) is 2. The number of nitrogens with zero attached hydrogens (tertiary/aromatic N) is 4. The molecule has 1 saturated heterocycles. The van der Waals surface area contributed by atoms with Crippen LogP contribution in [0.2, 0.25) is 0 Å². The lowest BCUT2D eigenvalue weighted by Gasteiger charge is -2.34. The minimum Gasteiger partial charge on any atom is -0.382 e. The molecule has 7 nitrogen and oxygen atoms in total.